The van der Waals surface area contributed by atoms with E-state index in [1.807, 2.05) is 0 Å². The molecule has 1 aromatic rings. The number of nitrogen functional groups attached to an aromatic ring is 1. The van der Waals surface area contributed by atoms with Crippen LogP contribution in [0.25, 0.3) is 0 Å². The Labute approximate surface area is 103 Å². The van der Waals surface area contributed by atoms with Crippen LogP contribution in [0.2, 0.25) is 0 Å². The molecule has 8 heteroatoms. The fourth-order valence-electron chi connectivity index (χ4n) is 1.09. The fourth-order valence-corrected chi connectivity index (χ4v) is 3.42. The van der Waals surface area contributed by atoms with E-state index >= 15 is 0 Å². The van der Waals surface area contributed by atoms with Crippen LogP contribution < -0.4 is 5.73 Å². The molecule has 0 saturated heterocycles. The molecular formula is C8H10BrNO4S2. The Morgan fingerprint density at radius 2 is 1.56 bits per heavy atom. The first kappa shape index (κ1) is 13.5. The third kappa shape index (κ3) is 2.74. The lowest BCUT2D eigenvalue weighted by molar-refractivity contribution is 0.600. The van der Waals surface area contributed by atoms with Gasteiger partial charge in [-0.2, -0.15) is 0 Å². The number of benzene rings is 1. The molecule has 0 aliphatic heterocycles. The van der Waals surface area contributed by atoms with Gasteiger partial charge in [0.25, 0.3) is 0 Å². The second kappa shape index (κ2) is 4.01. The Balaban J connectivity index is 3.72. The Hall–Kier alpha value is -0.600. The number of halogens is 1. The first-order valence-corrected chi connectivity index (χ1v) is 8.60. The van der Waals surface area contributed by atoms with E-state index in [2.05, 4.69) is 15.9 Å². The molecule has 1 rings (SSSR count). The molecule has 0 unspecified atom stereocenters. The quantitative estimate of drug-likeness (QED) is 0.812. The SMILES string of the molecule is CS(=O)(=O)c1cc(Br)c(N)c(S(C)(=O)=O)c1. The topological polar surface area (TPSA) is 94.3 Å². The molecule has 90 valence electrons. The van der Waals surface area contributed by atoms with Gasteiger partial charge >= 0.3 is 0 Å². The fraction of sp³-hybridized carbons (Fsp3) is 0.250. The second-order valence-electron chi connectivity index (χ2n) is 3.36. The van der Waals surface area contributed by atoms with Gasteiger partial charge in [-0.1, -0.05) is 0 Å². The van der Waals surface area contributed by atoms with Crippen molar-refractivity contribution < 1.29 is 16.8 Å². The summed E-state index contributed by atoms with van der Waals surface area (Å²) in [6.07, 6.45) is 1.97. The summed E-state index contributed by atoms with van der Waals surface area (Å²) < 4.78 is 45.7. The van der Waals surface area contributed by atoms with E-state index in [1.165, 1.54) is 6.07 Å². The summed E-state index contributed by atoms with van der Waals surface area (Å²) in [4.78, 5) is -0.281. The van der Waals surface area contributed by atoms with E-state index in [1.54, 1.807) is 0 Å². The van der Waals surface area contributed by atoms with Gasteiger partial charge in [0.2, 0.25) is 0 Å². The average molecular weight is 328 g/mol. The normalized spacial score (nSPS) is 12.7. The lowest BCUT2D eigenvalue weighted by Crippen LogP contribution is -2.06. The Morgan fingerprint density at radius 3 is 1.94 bits per heavy atom. The Kier molecular flexibility index (Phi) is 3.37. The van der Waals surface area contributed by atoms with Gasteiger partial charge in [0.1, 0.15) is 0 Å². The minimum Gasteiger partial charge on any atom is -0.397 e. The van der Waals surface area contributed by atoms with Gasteiger partial charge in [-0.25, -0.2) is 16.8 Å². The molecule has 0 aromatic heterocycles. The molecule has 0 atom stereocenters. The van der Waals surface area contributed by atoms with Crippen LogP contribution in [-0.4, -0.2) is 29.3 Å². The number of sulfone groups is 2. The number of anilines is 1. The molecule has 0 radical (unpaired) electrons. The van der Waals surface area contributed by atoms with Crippen molar-refractivity contribution in [3.05, 3.63) is 16.6 Å². The highest BCUT2D eigenvalue weighted by Crippen LogP contribution is 2.30. The summed E-state index contributed by atoms with van der Waals surface area (Å²) in [6.45, 7) is 0. The molecule has 0 saturated carbocycles. The van der Waals surface area contributed by atoms with E-state index in [-0.39, 0.29) is 20.0 Å². The van der Waals surface area contributed by atoms with E-state index < -0.39 is 19.7 Å². The van der Waals surface area contributed by atoms with Gasteiger partial charge in [0.05, 0.1) is 15.5 Å². The highest BCUT2D eigenvalue weighted by atomic mass is 79.9. The number of nitrogens with two attached hydrogens (primary N) is 1. The molecule has 0 spiro atoms. The molecular weight excluding hydrogens is 318 g/mol. The van der Waals surface area contributed by atoms with Crippen molar-refractivity contribution in [1.29, 1.82) is 0 Å². The van der Waals surface area contributed by atoms with Gasteiger partial charge in [-0.15, -0.1) is 0 Å². The van der Waals surface area contributed by atoms with Crippen LogP contribution in [0.5, 0.6) is 0 Å². The van der Waals surface area contributed by atoms with Crippen molar-refractivity contribution in [2.75, 3.05) is 18.2 Å². The van der Waals surface area contributed by atoms with Crippen LogP contribution in [-0.2, 0) is 19.7 Å². The number of hydrogen-bond acceptors (Lipinski definition) is 5. The van der Waals surface area contributed by atoms with E-state index in [4.69, 9.17) is 5.73 Å². The van der Waals surface area contributed by atoms with Crippen LogP contribution in [0, 0.1) is 0 Å². The smallest absolute Gasteiger partial charge is 0.177 e. The number of rotatable bonds is 2. The second-order valence-corrected chi connectivity index (χ2v) is 8.22. The van der Waals surface area contributed by atoms with E-state index in [0.29, 0.717) is 0 Å². The zero-order valence-electron chi connectivity index (χ0n) is 8.56. The first-order chi connectivity index (χ1) is 7.03. The van der Waals surface area contributed by atoms with Gasteiger partial charge < -0.3 is 5.73 Å². The van der Waals surface area contributed by atoms with Crippen molar-refractivity contribution >= 4 is 41.3 Å². The molecule has 0 aliphatic rings. The molecule has 1 aromatic carbocycles. The van der Waals surface area contributed by atoms with Crippen molar-refractivity contribution in [2.24, 2.45) is 0 Å². The summed E-state index contributed by atoms with van der Waals surface area (Å²) in [6, 6.07) is 2.34. The number of hydrogen-bond donors (Lipinski definition) is 1. The third-order valence-electron chi connectivity index (χ3n) is 1.89. The van der Waals surface area contributed by atoms with Crippen molar-refractivity contribution in [3.8, 4) is 0 Å². The van der Waals surface area contributed by atoms with Crippen LogP contribution in [0.1, 0.15) is 0 Å². The predicted octanol–water partition coefficient (Wildman–Crippen LogP) is 0.838. The van der Waals surface area contributed by atoms with Gasteiger partial charge in [0.15, 0.2) is 19.7 Å². The van der Waals surface area contributed by atoms with Crippen molar-refractivity contribution in [3.63, 3.8) is 0 Å². The summed E-state index contributed by atoms with van der Waals surface area (Å²) in [7, 11) is -7.03. The standard InChI is InChI=1S/C8H10BrNO4S2/c1-15(11,12)5-3-6(9)8(10)7(4-5)16(2,13)14/h3-4H,10H2,1-2H3. The monoisotopic (exact) mass is 327 g/mol. The van der Waals surface area contributed by atoms with Crippen molar-refractivity contribution in [1.82, 2.24) is 0 Å². The Bertz CT molecular complexity index is 634. The zero-order chi connectivity index (χ0) is 12.7. The van der Waals surface area contributed by atoms with Crippen LogP contribution in [0.4, 0.5) is 5.69 Å². The van der Waals surface area contributed by atoms with E-state index in [0.717, 1.165) is 18.6 Å². The maximum absolute atomic E-state index is 11.4. The van der Waals surface area contributed by atoms with Gasteiger partial charge in [-0.3, -0.25) is 0 Å². The maximum Gasteiger partial charge on any atom is 0.177 e. The van der Waals surface area contributed by atoms with Gasteiger partial charge in [-0.05, 0) is 28.1 Å². The molecule has 16 heavy (non-hydrogen) atoms. The Morgan fingerprint density at radius 1 is 1.06 bits per heavy atom. The molecule has 0 aliphatic carbocycles. The summed E-state index contributed by atoms with van der Waals surface area (Å²) in [5, 5.41) is 0. The first-order valence-electron chi connectivity index (χ1n) is 4.02. The van der Waals surface area contributed by atoms with Crippen molar-refractivity contribution in [2.45, 2.75) is 9.79 Å². The third-order valence-corrected chi connectivity index (χ3v) is 4.78. The molecule has 0 heterocycles. The highest BCUT2D eigenvalue weighted by molar-refractivity contribution is 9.10. The van der Waals surface area contributed by atoms with Crippen LogP contribution in [0.3, 0.4) is 0 Å². The molecule has 0 bridgehead atoms. The molecule has 0 amide bonds. The molecule has 2 N–H and O–H groups in total. The minimum absolute atomic E-state index is 0.00917. The maximum atomic E-state index is 11.4. The van der Waals surface area contributed by atoms with Crippen LogP contribution in [0.15, 0.2) is 26.4 Å². The zero-order valence-corrected chi connectivity index (χ0v) is 11.8. The lowest BCUT2D eigenvalue weighted by Gasteiger charge is -2.08. The average Bonchev–Trinajstić information content (AvgIpc) is 2.05. The van der Waals surface area contributed by atoms with E-state index in [9.17, 15) is 16.8 Å². The van der Waals surface area contributed by atoms with Gasteiger partial charge in [0, 0.05) is 17.0 Å². The van der Waals surface area contributed by atoms with Crippen LogP contribution >= 0.6 is 15.9 Å². The summed E-state index contributed by atoms with van der Waals surface area (Å²) in [5.41, 5.74) is 5.57. The predicted molar refractivity (Wildman–Crippen MR) is 64.8 cm³/mol. The minimum atomic E-state index is -3.56. The molecule has 5 nitrogen and oxygen atoms in total. The molecule has 0 fully saturated rings. The lowest BCUT2D eigenvalue weighted by atomic mass is 10.3. The summed E-state index contributed by atoms with van der Waals surface area (Å²) in [5.74, 6) is 0. The summed E-state index contributed by atoms with van der Waals surface area (Å²) >= 11 is 3.03. The highest BCUT2D eigenvalue weighted by Gasteiger charge is 2.19. The largest absolute Gasteiger partial charge is 0.397 e.